The Morgan fingerprint density at radius 3 is 2.39 bits per heavy atom. The van der Waals surface area contributed by atoms with Gasteiger partial charge in [-0.2, -0.15) is 0 Å². The van der Waals surface area contributed by atoms with Crippen molar-refractivity contribution in [1.82, 2.24) is 9.80 Å². The fourth-order valence-electron chi connectivity index (χ4n) is 3.99. The topological polar surface area (TPSA) is 87.2 Å². The molecule has 1 atom stereocenters. The molecule has 0 radical (unpaired) electrons. The van der Waals surface area contributed by atoms with Crippen molar-refractivity contribution < 1.29 is 24.2 Å². The van der Waals surface area contributed by atoms with Crippen molar-refractivity contribution in [3.63, 3.8) is 0 Å². The van der Waals surface area contributed by atoms with Crippen LogP contribution in [0.3, 0.4) is 0 Å². The summed E-state index contributed by atoms with van der Waals surface area (Å²) in [6.45, 7) is 1.92. The van der Waals surface area contributed by atoms with E-state index in [2.05, 4.69) is 0 Å². The molecule has 0 bridgehead atoms. The number of amides is 2. The normalized spacial score (nSPS) is 20.6. The lowest BCUT2D eigenvalue weighted by atomic mass is 9.92. The summed E-state index contributed by atoms with van der Waals surface area (Å²) >= 11 is 0. The molecule has 3 rings (SSSR count). The Bertz CT molecular complexity index is 685. The van der Waals surface area contributed by atoms with E-state index in [1.54, 1.807) is 9.80 Å². The van der Waals surface area contributed by atoms with Gasteiger partial charge in [0, 0.05) is 25.6 Å². The van der Waals surface area contributed by atoms with E-state index in [4.69, 9.17) is 4.74 Å². The maximum Gasteiger partial charge on any atom is 0.326 e. The average molecular weight is 388 g/mol. The molecule has 7 heteroatoms. The molecule has 2 aliphatic rings. The molecule has 0 aliphatic carbocycles. The number of piperidine rings is 2. The first kappa shape index (κ1) is 20.2. The molecule has 1 aromatic carbocycles. The molecule has 2 amide bonds. The van der Waals surface area contributed by atoms with Crippen LogP contribution in [0, 0.1) is 5.92 Å². The Morgan fingerprint density at radius 2 is 1.71 bits per heavy atom. The second kappa shape index (κ2) is 9.57. The number of ether oxygens (including phenoxy) is 1. The van der Waals surface area contributed by atoms with Gasteiger partial charge in [-0.15, -0.1) is 0 Å². The van der Waals surface area contributed by atoms with Gasteiger partial charge in [0.05, 0.1) is 13.0 Å². The van der Waals surface area contributed by atoms with Gasteiger partial charge in [0.15, 0.2) is 0 Å². The molecular formula is C21H28N2O5. The van der Waals surface area contributed by atoms with Crippen molar-refractivity contribution in [1.29, 1.82) is 0 Å². The van der Waals surface area contributed by atoms with Crippen LogP contribution in [-0.4, -0.2) is 65.0 Å². The van der Waals surface area contributed by atoms with E-state index in [1.165, 1.54) is 0 Å². The number of carboxylic acids is 1. The number of hydrogen-bond acceptors (Lipinski definition) is 4. The molecule has 1 aromatic rings. The van der Waals surface area contributed by atoms with Crippen LogP contribution in [0.15, 0.2) is 30.3 Å². The van der Waals surface area contributed by atoms with E-state index in [1.807, 2.05) is 30.3 Å². The number of carbonyl (C=O) groups is 3. The molecule has 2 fully saturated rings. The Hall–Kier alpha value is -2.57. The van der Waals surface area contributed by atoms with Gasteiger partial charge in [-0.1, -0.05) is 18.2 Å². The van der Waals surface area contributed by atoms with Crippen molar-refractivity contribution in [2.75, 3.05) is 26.2 Å². The molecule has 1 N–H and O–H groups in total. The van der Waals surface area contributed by atoms with Crippen molar-refractivity contribution >= 4 is 17.8 Å². The average Bonchev–Trinajstić information content (AvgIpc) is 2.74. The smallest absolute Gasteiger partial charge is 0.326 e. The van der Waals surface area contributed by atoms with Crippen LogP contribution < -0.4 is 4.74 Å². The number of aliphatic carboxylic acids is 1. The van der Waals surface area contributed by atoms with Gasteiger partial charge < -0.3 is 19.6 Å². The van der Waals surface area contributed by atoms with E-state index in [0.717, 1.165) is 18.6 Å². The third-order valence-corrected chi connectivity index (χ3v) is 5.60. The zero-order valence-electron chi connectivity index (χ0n) is 16.1. The Kier molecular flexibility index (Phi) is 6.90. The number of benzene rings is 1. The quantitative estimate of drug-likeness (QED) is 0.807. The van der Waals surface area contributed by atoms with Gasteiger partial charge >= 0.3 is 5.97 Å². The van der Waals surface area contributed by atoms with E-state index < -0.39 is 12.0 Å². The standard InChI is InChI=1S/C21H28N2O5/c24-19(11-15-28-17-6-2-1-3-7-17)22-13-9-16(10-14-22)20(25)23-12-5-4-8-18(23)21(26)27/h1-3,6-7,16,18H,4-5,8-15H2,(H,26,27). The third-order valence-electron chi connectivity index (χ3n) is 5.60. The highest BCUT2D eigenvalue weighted by atomic mass is 16.5. The molecule has 2 aliphatic heterocycles. The molecule has 7 nitrogen and oxygen atoms in total. The van der Waals surface area contributed by atoms with Gasteiger partial charge in [0.1, 0.15) is 11.8 Å². The summed E-state index contributed by atoms with van der Waals surface area (Å²) in [5.41, 5.74) is 0. The molecule has 2 saturated heterocycles. The summed E-state index contributed by atoms with van der Waals surface area (Å²) in [7, 11) is 0. The number of hydrogen-bond donors (Lipinski definition) is 1. The molecule has 1 unspecified atom stereocenters. The lowest BCUT2D eigenvalue weighted by molar-refractivity contribution is -0.155. The Labute approximate surface area is 165 Å². The summed E-state index contributed by atoms with van der Waals surface area (Å²) in [6.07, 6.45) is 3.72. The molecule has 0 aromatic heterocycles. The highest BCUT2D eigenvalue weighted by Crippen LogP contribution is 2.25. The first-order valence-corrected chi connectivity index (χ1v) is 10.0. The Morgan fingerprint density at radius 1 is 1.00 bits per heavy atom. The van der Waals surface area contributed by atoms with Gasteiger partial charge in [-0.05, 0) is 44.2 Å². The maximum absolute atomic E-state index is 12.8. The highest BCUT2D eigenvalue weighted by molar-refractivity contribution is 5.85. The summed E-state index contributed by atoms with van der Waals surface area (Å²) in [5, 5.41) is 9.38. The molecular weight excluding hydrogens is 360 g/mol. The molecule has 2 heterocycles. The van der Waals surface area contributed by atoms with Crippen LogP contribution >= 0.6 is 0 Å². The SMILES string of the molecule is O=C(O)C1CCCCN1C(=O)C1CCN(C(=O)CCOc2ccccc2)CC1. The number of likely N-dealkylation sites (tertiary alicyclic amines) is 2. The fourth-order valence-corrected chi connectivity index (χ4v) is 3.99. The molecule has 152 valence electrons. The zero-order chi connectivity index (χ0) is 19.9. The summed E-state index contributed by atoms with van der Waals surface area (Å²) in [5.74, 6) is -0.396. The van der Waals surface area contributed by atoms with Crippen molar-refractivity contribution in [2.24, 2.45) is 5.92 Å². The lowest BCUT2D eigenvalue weighted by Crippen LogP contribution is -2.52. The van der Waals surface area contributed by atoms with Gasteiger partial charge in [0.2, 0.25) is 11.8 Å². The minimum Gasteiger partial charge on any atom is -0.493 e. The second-order valence-corrected chi connectivity index (χ2v) is 7.45. The minimum absolute atomic E-state index is 0.0308. The highest BCUT2D eigenvalue weighted by Gasteiger charge is 2.36. The predicted octanol–water partition coefficient (Wildman–Crippen LogP) is 2.16. The van der Waals surface area contributed by atoms with Crippen LogP contribution in [0.4, 0.5) is 0 Å². The first-order valence-electron chi connectivity index (χ1n) is 10.0. The maximum atomic E-state index is 12.8. The fraction of sp³-hybridized carbons (Fsp3) is 0.571. The monoisotopic (exact) mass is 388 g/mol. The second-order valence-electron chi connectivity index (χ2n) is 7.45. The number of carbonyl (C=O) groups excluding carboxylic acids is 2. The van der Waals surface area contributed by atoms with Crippen LogP contribution in [0.25, 0.3) is 0 Å². The summed E-state index contributed by atoms with van der Waals surface area (Å²) in [6, 6.07) is 8.69. The van der Waals surface area contributed by atoms with Crippen LogP contribution in [0.1, 0.15) is 38.5 Å². The van der Waals surface area contributed by atoms with Gasteiger partial charge in [-0.25, -0.2) is 4.79 Å². The van der Waals surface area contributed by atoms with Crippen molar-refractivity contribution in [2.45, 2.75) is 44.6 Å². The lowest BCUT2D eigenvalue weighted by Gasteiger charge is -2.38. The van der Waals surface area contributed by atoms with E-state index in [0.29, 0.717) is 51.9 Å². The molecule has 28 heavy (non-hydrogen) atoms. The minimum atomic E-state index is -0.918. The van der Waals surface area contributed by atoms with Crippen LogP contribution in [0.5, 0.6) is 5.75 Å². The number of para-hydroxylation sites is 1. The van der Waals surface area contributed by atoms with E-state index >= 15 is 0 Å². The Balaban J connectivity index is 1.43. The molecule has 0 saturated carbocycles. The van der Waals surface area contributed by atoms with Gasteiger partial charge in [-0.3, -0.25) is 9.59 Å². The summed E-state index contributed by atoms with van der Waals surface area (Å²) in [4.78, 5) is 40.0. The third kappa shape index (κ3) is 5.03. The number of carboxylic acid groups (broad SMARTS) is 1. The van der Waals surface area contributed by atoms with E-state index in [-0.39, 0.29) is 17.7 Å². The zero-order valence-corrected chi connectivity index (χ0v) is 16.1. The van der Waals surface area contributed by atoms with E-state index in [9.17, 15) is 19.5 Å². The summed E-state index contributed by atoms with van der Waals surface area (Å²) < 4.78 is 5.58. The van der Waals surface area contributed by atoms with Gasteiger partial charge in [0.25, 0.3) is 0 Å². The van der Waals surface area contributed by atoms with Crippen LogP contribution in [0.2, 0.25) is 0 Å². The number of nitrogens with zero attached hydrogens (tertiary/aromatic N) is 2. The van der Waals surface area contributed by atoms with Crippen molar-refractivity contribution in [3.8, 4) is 5.75 Å². The molecule has 0 spiro atoms. The predicted molar refractivity (Wildman–Crippen MR) is 103 cm³/mol. The largest absolute Gasteiger partial charge is 0.493 e. The first-order chi connectivity index (χ1) is 13.6. The number of rotatable bonds is 6. The van der Waals surface area contributed by atoms with Crippen molar-refractivity contribution in [3.05, 3.63) is 30.3 Å². The van der Waals surface area contributed by atoms with Crippen LogP contribution in [-0.2, 0) is 14.4 Å².